The lowest BCUT2D eigenvalue weighted by atomic mass is 10.2. The number of benzene rings is 1. The van der Waals surface area contributed by atoms with E-state index in [9.17, 15) is 9.59 Å². The second-order valence-electron chi connectivity index (χ2n) is 4.50. The Morgan fingerprint density at radius 3 is 2.73 bits per heavy atom. The van der Waals surface area contributed by atoms with Crippen molar-refractivity contribution < 1.29 is 14.3 Å². The van der Waals surface area contributed by atoms with Crippen LogP contribution < -0.4 is 5.32 Å². The largest absolute Gasteiger partial charge is 0.464 e. The molecule has 1 N–H and O–H groups in total. The summed E-state index contributed by atoms with van der Waals surface area (Å²) in [5, 5.41) is 7.10. The van der Waals surface area contributed by atoms with Gasteiger partial charge in [0.25, 0.3) is 5.91 Å². The van der Waals surface area contributed by atoms with Gasteiger partial charge in [-0.3, -0.25) is 9.48 Å². The van der Waals surface area contributed by atoms with Gasteiger partial charge in [0.15, 0.2) is 5.69 Å². The van der Waals surface area contributed by atoms with Gasteiger partial charge in [-0.15, -0.1) is 0 Å². The minimum atomic E-state index is -0.585. The molecule has 0 spiro atoms. The average Bonchev–Trinajstić information content (AvgIpc) is 2.75. The molecule has 0 unspecified atom stereocenters. The zero-order chi connectivity index (χ0) is 16.4. The number of nitrogens with zero attached hydrogens (tertiary/aromatic N) is 2. The first-order valence-electron chi connectivity index (χ1n) is 6.23. The summed E-state index contributed by atoms with van der Waals surface area (Å²) in [7, 11) is 2.86. The number of anilines is 1. The summed E-state index contributed by atoms with van der Waals surface area (Å²) in [6, 6.07) is 4.94. The van der Waals surface area contributed by atoms with E-state index in [2.05, 4.69) is 26.3 Å². The third-order valence-electron chi connectivity index (χ3n) is 3.01. The van der Waals surface area contributed by atoms with Crippen LogP contribution in [0.5, 0.6) is 0 Å². The number of rotatable bonds is 3. The topological polar surface area (TPSA) is 73.2 Å². The molecule has 0 saturated carbocycles. The molecule has 116 valence electrons. The fourth-order valence-electron chi connectivity index (χ4n) is 1.99. The van der Waals surface area contributed by atoms with Gasteiger partial charge in [-0.05, 0) is 25.1 Å². The highest BCUT2D eigenvalue weighted by Gasteiger charge is 2.23. The third kappa shape index (κ3) is 3.15. The number of aryl methyl sites for hydroxylation is 2. The van der Waals surface area contributed by atoms with Crippen molar-refractivity contribution in [1.29, 1.82) is 0 Å². The SMILES string of the molecule is COC(=O)c1c(NC(=O)c2cc(Br)ccc2Cl)c(C)nn1C. The van der Waals surface area contributed by atoms with Crippen LogP contribution in [0.25, 0.3) is 0 Å². The Balaban J connectivity index is 2.41. The molecule has 22 heavy (non-hydrogen) atoms. The van der Waals surface area contributed by atoms with Crippen LogP contribution in [0.4, 0.5) is 5.69 Å². The second-order valence-corrected chi connectivity index (χ2v) is 5.83. The predicted octanol–water partition coefficient (Wildman–Crippen LogP) is 3.18. The Kier molecular flexibility index (Phi) is 4.87. The molecule has 2 rings (SSSR count). The van der Waals surface area contributed by atoms with Crippen LogP contribution in [-0.4, -0.2) is 28.8 Å². The maximum absolute atomic E-state index is 12.4. The number of esters is 1. The first kappa shape index (κ1) is 16.5. The summed E-state index contributed by atoms with van der Waals surface area (Å²) >= 11 is 9.33. The number of carbonyl (C=O) groups is 2. The van der Waals surface area contributed by atoms with Crippen LogP contribution in [0.2, 0.25) is 5.02 Å². The van der Waals surface area contributed by atoms with Gasteiger partial charge < -0.3 is 10.1 Å². The predicted molar refractivity (Wildman–Crippen MR) is 86.4 cm³/mol. The Bertz CT molecular complexity index is 758. The lowest BCUT2D eigenvalue weighted by molar-refractivity contribution is 0.0589. The number of methoxy groups -OCH3 is 1. The van der Waals surface area contributed by atoms with E-state index in [0.717, 1.165) is 4.47 Å². The molecule has 1 aromatic carbocycles. The van der Waals surface area contributed by atoms with Gasteiger partial charge >= 0.3 is 5.97 Å². The molecule has 0 atom stereocenters. The Labute approximate surface area is 140 Å². The normalized spacial score (nSPS) is 10.4. The van der Waals surface area contributed by atoms with Crippen molar-refractivity contribution >= 4 is 45.1 Å². The molecule has 0 saturated heterocycles. The minimum absolute atomic E-state index is 0.166. The van der Waals surface area contributed by atoms with Crippen LogP contribution in [0.1, 0.15) is 26.5 Å². The van der Waals surface area contributed by atoms with Crippen LogP contribution >= 0.6 is 27.5 Å². The zero-order valence-electron chi connectivity index (χ0n) is 12.1. The molecule has 1 heterocycles. The summed E-state index contributed by atoms with van der Waals surface area (Å²) in [6.45, 7) is 1.69. The van der Waals surface area contributed by atoms with Crippen molar-refractivity contribution in [2.45, 2.75) is 6.92 Å². The van der Waals surface area contributed by atoms with Crippen LogP contribution in [0, 0.1) is 6.92 Å². The van der Waals surface area contributed by atoms with Gasteiger partial charge in [0.1, 0.15) is 0 Å². The van der Waals surface area contributed by atoms with Crippen molar-refractivity contribution in [3.63, 3.8) is 0 Å². The molecule has 0 aliphatic heterocycles. The molecule has 2 aromatic rings. The first-order valence-corrected chi connectivity index (χ1v) is 7.40. The second kappa shape index (κ2) is 6.50. The quantitative estimate of drug-likeness (QED) is 0.822. The number of amides is 1. The van der Waals surface area contributed by atoms with Crippen molar-refractivity contribution in [2.24, 2.45) is 7.05 Å². The summed E-state index contributed by atoms with van der Waals surface area (Å²) < 4.78 is 6.80. The highest BCUT2D eigenvalue weighted by molar-refractivity contribution is 9.10. The van der Waals surface area contributed by atoms with E-state index >= 15 is 0 Å². The first-order chi connectivity index (χ1) is 10.3. The number of nitrogens with one attached hydrogen (secondary N) is 1. The summed E-state index contributed by atoms with van der Waals surface area (Å²) in [5.41, 5.74) is 1.26. The van der Waals surface area contributed by atoms with Crippen LogP contribution in [0.15, 0.2) is 22.7 Å². The molecule has 0 radical (unpaired) electrons. The zero-order valence-corrected chi connectivity index (χ0v) is 14.4. The maximum Gasteiger partial charge on any atom is 0.358 e. The van der Waals surface area contributed by atoms with Crippen molar-refractivity contribution in [3.8, 4) is 0 Å². The van der Waals surface area contributed by atoms with E-state index in [4.69, 9.17) is 16.3 Å². The molecule has 1 aromatic heterocycles. The molecule has 0 fully saturated rings. The molecule has 0 bridgehead atoms. The van der Waals surface area contributed by atoms with Crippen molar-refractivity contribution in [1.82, 2.24) is 9.78 Å². The number of carbonyl (C=O) groups excluding carboxylic acids is 2. The standard InChI is InChI=1S/C14H13BrClN3O3/c1-7-11(12(14(21)22-3)19(2)18-7)17-13(20)9-6-8(15)4-5-10(9)16/h4-6H,1-3H3,(H,17,20). The van der Waals surface area contributed by atoms with E-state index < -0.39 is 11.9 Å². The smallest absolute Gasteiger partial charge is 0.358 e. The van der Waals surface area contributed by atoms with Gasteiger partial charge in [-0.2, -0.15) is 5.10 Å². The molecule has 0 aliphatic carbocycles. The monoisotopic (exact) mass is 385 g/mol. The van der Waals surface area contributed by atoms with Gasteiger partial charge in [-0.1, -0.05) is 27.5 Å². The Morgan fingerprint density at radius 1 is 1.41 bits per heavy atom. The molecule has 1 amide bonds. The van der Waals surface area contributed by atoms with Gasteiger partial charge in [0, 0.05) is 11.5 Å². The van der Waals surface area contributed by atoms with Crippen molar-refractivity contribution in [2.75, 3.05) is 12.4 Å². The molecule has 6 nitrogen and oxygen atoms in total. The van der Waals surface area contributed by atoms with Gasteiger partial charge in [-0.25, -0.2) is 4.79 Å². The van der Waals surface area contributed by atoms with Crippen LogP contribution in [0.3, 0.4) is 0 Å². The van der Waals surface area contributed by atoms with Gasteiger partial charge in [0.05, 0.1) is 29.1 Å². The minimum Gasteiger partial charge on any atom is -0.464 e. The lowest BCUT2D eigenvalue weighted by Crippen LogP contribution is -2.17. The molecule has 0 aliphatic rings. The van der Waals surface area contributed by atoms with Gasteiger partial charge in [0.2, 0.25) is 0 Å². The van der Waals surface area contributed by atoms with E-state index in [1.54, 1.807) is 32.2 Å². The molecular weight excluding hydrogens is 374 g/mol. The number of aromatic nitrogens is 2. The summed E-state index contributed by atoms with van der Waals surface area (Å²) in [6.07, 6.45) is 0. The van der Waals surface area contributed by atoms with E-state index in [1.165, 1.54) is 11.8 Å². The third-order valence-corrected chi connectivity index (χ3v) is 3.84. The number of ether oxygens (including phenoxy) is 1. The Hall–Kier alpha value is -1.86. The van der Waals surface area contributed by atoms with E-state index in [-0.39, 0.29) is 11.3 Å². The molecule has 8 heteroatoms. The maximum atomic E-state index is 12.4. The lowest BCUT2D eigenvalue weighted by Gasteiger charge is -2.08. The highest BCUT2D eigenvalue weighted by Crippen LogP contribution is 2.25. The number of hydrogen-bond donors (Lipinski definition) is 1. The van der Waals surface area contributed by atoms with Crippen LogP contribution in [-0.2, 0) is 11.8 Å². The van der Waals surface area contributed by atoms with E-state index in [1.807, 2.05) is 0 Å². The molecular formula is C14H13BrClN3O3. The fourth-order valence-corrected chi connectivity index (χ4v) is 2.56. The summed E-state index contributed by atoms with van der Waals surface area (Å²) in [4.78, 5) is 24.2. The highest BCUT2D eigenvalue weighted by atomic mass is 79.9. The van der Waals surface area contributed by atoms with Crippen molar-refractivity contribution in [3.05, 3.63) is 44.6 Å². The average molecular weight is 387 g/mol. The summed E-state index contributed by atoms with van der Waals surface area (Å²) in [5.74, 6) is -1.02. The number of hydrogen-bond acceptors (Lipinski definition) is 4. The number of halogens is 2. The van der Waals surface area contributed by atoms with E-state index in [0.29, 0.717) is 16.4 Å². The Morgan fingerprint density at radius 2 is 2.09 bits per heavy atom. The fraction of sp³-hybridized carbons (Fsp3) is 0.214.